The van der Waals surface area contributed by atoms with E-state index >= 15 is 4.39 Å². The molecule has 318 valence electrons. The van der Waals surface area contributed by atoms with Crippen LogP contribution in [-0.4, -0.2) is 140 Å². The number of hydrogen-bond donors (Lipinski definition) is 1. The van der Waals surface area contributed by atoms with Crippen LogP contribution in [0.4, 0.5) is 9.18 Å². The molecule has 1 amide bonds. The number of ether oxygens (including phenoxy) is 5. The van der Waals surface area contributed by atoms with Crippen molar-refractivity contribution in [3.05, 3.63) is 24.7 Å². The molecule has 5 rings (SSSR count). The second-order valence-corrected chi connectivity index (χ2v) is 17.1. The number of imidazole rings is 1. The van der Waals surface area contributed by atoms with Crippen LogP contribution < -0.4 is 0 Å². The monoisotopic (exact) mass is 803 g/mol. The number of likely N-dealkylation sites (N-methyl/N-ethyl adjacent to an activating group) is 1. The van der Waals surface area contributed by atoms with E-state index in [9.17, 15) is 24.3 Å². The second-order valence-electron chi connectivity index (χ2n) is 17.1. The van der Waals surface area contributed by atoms with Gasteiger partial charge in [0, 0.05) is 50.2 Å². The lowest BCUT2D eigenvalue weighted by molar-refractivity contribution is -0.295. The minimum Gasteiger partial charge on any atom is -0.455 e. The van der Waals surface area contributed by atoms with Gasteiger partial charge >= 0.3 is 12.1 Å². The molecule has 1 unspecified atom stereocenters. The van der Waals surface area contributed by atoms with Gasteiger partial charge in [-0.2, -0.15) is 0 Å². The van der Waals surface area contributed by atoms with Crippen molar-refractivity contribution in [3.63, 3.8) is 0 Å². The molecule has 0 saturated carbocycles. The highest BCUT2D eigenvalue weighted by Gasteiger charge is 2.61. The molecule has 3 aliphatic heterocycles. The number of halogens is 1. The molecule has 2 aromatic heterocycles. The lowest BCUT2D eigenvalue weighted by Gasteiger charge is -2.47. The summed E-state index contributed by atoms with van der Waals surface area (Å²) in [6.45, 7) is 13.3. The fraction of sp³-hybridized carbons (Fsp3) is 0.756. The quantitative estimate of drug-likeness (QED) is 0.202. The molecular weight excluding hydrogens is 741 g/mol. The Morgan fingerprint density at radius 3 is 2.37 bits per heavy atom. The van der Waals surface area contributed by atoms with Gasteiger partial charge in [0.15, 0.2) is 23.3 Å². The van der Waals surface area contributed by atoms with Crippen LogP contribution in [0.2, 0.25) is 0 Å². The van der Waals surface area contributed by atoms with Gasteiger partial charge in [0.2, 0.25) is 0 Å². The molecule has 0 aromatic carbocycles. The number of aromatic nitrogens is 3. The molecular formula is C41H62FN5O10. The molecule has 0 spiro atoms. The van der Waals surface area contributed by atoms with Gasteiger partial charge in [-0.1, -0.05) is 27.7 Å². The van der Waals surface area contributed by atoms with Crippen LogP contribution >= 0.6 is 0 Å². The number of unbranched alkanes of at least 4 members (excludes halogenated alkanes) is 1. The van der Waals surface area contributed by atoms with E-state index in [1.807, 2.05) is 42.6 Å². The number of rotatable bonds is 10. The fourth-order valence-electron chi connectivity index (χ4n) is 9.34. The average molecular weight is 804 g/mol. The summed E-state index contributed by atoms with van der Waals surface area (Å²) in [7, 11) is 5.05. The molecule has 0 aliphatic carbocycles. The highest BCUT2D eigenvalue weighted by atomic mass is 19.1. The molecule has 13 atom stereocenters. The van der Waals surface area contributed by atoms with Crippen LogP contribution in [0.1, 0.15) is 87.5 Å². The zero-order valence-electron chi connectivity index (χ0n) is 35.3. The maximum atomic E-state index is 16.9. The molecule has 15 nitrogen and oxygen atoms in total. The number of carbonyl (C=O) groups excluding carboxylic acids is 4. The molecule has 0 radical (unpaired) electrons. The second kappa shape index (κ2) is 17.3. The standard InChI is InChI=1S/C41H62FN5O10/c1-12-29-41(8)32(47(38(52)57-41)19-14-13-18-46-22-44-27-16-15-17-43-35(27)46)25(4)30(48)23(2)21-39(6,53-11)34(26(5)33(50)40(7,42)37(51)55-29)56-36-31(49)28(45(9)10)20-24(3)54-36/h15-17,22-26,28-29,31-32,34,36,49H,12-14,18-21H2,1-11H3/t23-,24-,25+,26+,28+,29-,31-,32+,34-,36+,39-,40?,41-/m1/s1. The minimum atomic E-state index is -3.17. The Kier molecular flexibility index (Phi) is 13.5. The number of nitrogens with zero attached hydrogens (tertiary/aromatic N) is 5. The summed E-state index contributed by atoms with van der Waals surface area (Å²) in [6.07, 6.45) is -0.768. The lowest BCUT2D eigenvalue weighted by atomic mass is 9.73. The molecule has 3 saturated heterocycles. The van der Waals surface area contributed by atoms with Crippen molar-refractivity contribution >= 4 is 34.8 Å². The maximum absolute atomic E-state index is 16.9. The van der Waals surface area contributed by atoms with E-state index in [4.69, 9.17) is 23.7 Å². The van der Waals surface area contributed by atoms with E-state index in [0.29, 0.717) is 25.8 Å². The third-order valence-electron chi connectivity index (χ3n) is 12.6. The Bertz CT molecular complexity index is 1770. The fourth-order valence-corrected chi connectivity index (χ4v) is 9.34. The van der Waals surface area contributed by atoms with E-state index < -0.39 is 83.1 Å². The zero-order chi connectivity index (χ0) is 42.2. The van der Waals surface area contributed by atoms with Crippen LogP contribution in [0.5, 0.6) is 0 Å². The molecule has 1 N–H and O–H groups in total. The van der Waals surface area contributed by atoms with Gasteiger partial charge in [-0.3, -0.25) is 9.59 Å². The van der Waals surface area contributed by atoms with Gasteiger partial charge in [-0.25, -0.2) is 23.9 Å². The normalized spacial score (nSPS) is 38.6. The van der Waals surface area contributed by atoms with Crippen molar-refractivity contribution < 1.29 is 52.4 Å². The summed E-state index contributed by atoms with van der Waals surface area (Å²) in [6, 6.07) is 2.42. The molecule has 3 aliphatic rings. The van der Waals surface area contributed by atoms with Gasteiger partial charge < -0.3 is 43.2 Å². The molecule has 5 heterocycles. The van der Waals surface area contributed by atoms with Crippen molar-refractivity contribution in [3.8, 4) is 0 Å². The number of pyridine rings is 1. The summed E-state index contributed by atoms with van der Waals surface area (Å²) in [5.41, 5.74) is -4.69. The summed E-state index contributed by atoms with van der Waals surface area (Å²) < 4.78 is 49.3. The molecule has 16 heteroatoms. The first-order valence-electron chi connectivity index (χ1n) is 20.2. The van der Waals surface area contributed by atoms with Crippen LogP contribution in [-0.2, 0) is 44.6 Å². The maximum Gasteiger partial charge on any atom is 0.410 e. The summed E-state index contributed by atoms with van der Waals surface area (Å²) >= 11 is 0. The third kappa shape index (κ3) is 8.61. The molecule has 2 aromatic rings. The first-order valence-corrected chi connectivity index (χ1v) is 20.2. The Morgan fingerprint density at radius 1 is 1.04 bits per heavy atom. The molecule has 3 fully saturated rings. The highest BCUT2D eigenvalue weighted by Crippen LogP contribution is 2.43. The van der Waals surface area contributed by atoms with Crippen LogP contribution in [0, 0.1) is 17.8 Å². The van der Waals surface area contributed by atoms with Crippen molar-refractivity contribution in [1.82, 2.24) is 24.3 Å². The topological polar surface area (TPSA) is 172 Å². The number of hydrogen-bond acceptors (Lipinski definition) is 13. The Labute approximate surface area is 334 Å². The lowest BCUT2D eigenvalue weighted by Crippen LogP contribution is -2.61. The van der Waals surface area contributed by atoms with Crippen LogP contribution in [0.3, 0.4) is 0 Å². The summed E-state index contributed by atoms with van der Waals surface area (Å²) in [5, 5.41) is 11.4. The van der Waals surface area contributed by atoms with Gasteiger partial charge in [-0.15, -0.1) is 0 Å². The number of esters is 1. The number of ketones is 2. The number of alkyl halides is 1. The Hall–Kier alpha value is -3.57. The van der Waals surface area contributed by atoms with Gasteiger partial charge in [0.05, 0.1) is 30.2 Å². The Morgan fingerprint density at radius 2 is 1.72 bits per heavy atom. The number of cyclic esters (lactones) is 1. The van der Waals surface area contributed by atoms with Crippen LogP contribution in [0.15, 0.2) is 24.7 Å². The highest BCUT2D eigenvalue weighted by molar-refractivity contribution is 6.08. The predicted octanol–water partition coefficient (Wildman–Crippen LogP) is 4.51. The van der Waals surface area contributed by atoms with E-state index in [-0.39, 0.29) is 37.3 Å². The van der Waals surface area contributed by atoms with E-state index in [1.165, 1.54) is 18.9 Å². The third-order valence-corrected chi connectivity index (χ3v) is 12.6. The number of aliphatic hydroxyl groups excluding tert-OH is 1. The smallest absolute Gasteiger partial charge is 0.410 e. The number of aryl methyl sites for hydroxylation is 1. The van der Waals surface area contributed by atoms with Gasteiger partial charge in [0.25, 0.3) is 5.67 Å². The first kappa shape index (κ1) is 44.5. The summed E-state index contributed by atoms with van der Waals surface area (Å²) in [4.78, 5) is 68.8. The van der Waals surface area contributed by atoms with Crippen molar-refractivity contribution in [1.29, 1.82) is 0 Å². The SMILES string of the molecule is CC[C@H]1OC(=O)C(C)(F)C(=O)[C@H](C)[C@@H](O[C@@H]2O[C@H](C)C[C@H](N(C)C)[C@H]2O)[C@](C)(OC)C[C@@H](C)C(=O)[C@H](C)[C@@H]2N(CCCCn3cnc4cccnc43)C(=O)O[C@@]21C. The van der Waals surface area contributed by atoms with E-state index in [0.717, 1.165) is 18.1 Å². The average Bonchev–Trinajstić information content (AvgIpc) is 3.70. The van der Waals surface area contributed by atoms with Crippen molar-refractivity contribution in [2.75, 3.05) is 27.7 Å². The summed E-state index contributed by atoms with van der Waals surface area (Å²) in [5.74, 6) is -5.78. The number of Topliss-reactive ketones (excluding diaryl/α,β-unsaturated/α-hetero) is 2. The van der Waals surface area contributed by atoms with E-state index in [2.05, 4.69) is 9.97 Å². The van der Waals surface area contributed by atoms with Gasteiger partial charge in [-0.05, 0) is 86.0 Å². The number of amides is 1. The van der Waals surface area contributed by atoms with Crippen LogP contribution in [0.25, 0.3) is 11.2 Å². The van der Waals surface area contributed by atoms with Gasteiger partial charge in [0.1, 0.15) is 23.5 Å². The number of fused-ring (bicyclic) bond motifs is 2. The minimum absolute atomic E-state index is 0.000224. The predicted molar refractivity (Wildman–Crippen MR) is 207 cm³/mol. The largest absolute Gasteiger partial charge is 0.455 e. The number of aliphatic hydroxyl groups is 1. The number of methoxy groups -OCH3 is 1. The Balaban J connectivity index is 1.49. The zero-order valence-corrected chi connectivity index (χ0v) is 35.3. The van der Waals surface area contributed by atoms with Crippen molar-refractivity contribution in [2.24, 2.45) is 17.8 Å². The molecule has 57 heavy (non-hydrogen) atoms. The molecule has 0 bridgehead atoms. The van der Waals surface area contributed by atoms with Crippen molar-refractivity contribution in [2.45, 2.75) is 154 Å². The first-order chi connectivity index (χ1) is 26.7. The number of carbonyl (C=O) groups is 4. The van der Waals surface area contributed by atoms with E-state index in [1.54, 1.807) is 47.1 Å².